The number of nitrogens with zero attached hydrogens (tertiary/aromatic N) is 1. The molecule has 1 nitrogen and oxygen atoms in total. The van der Waals surface area contributed by atoms with Gasteiger partial charge in [0, 0.05) is 6.04 Å². The van der Waals surface area contributed by atoms with Gasteiger partial charge in [-0.1, -0.05) is 93.4 Å². The van der Waals surface area contributed by atoms with Crippen molar-refractivity contribution in [1.29, 1.82) is 0 Å². The van der Waals surface area contributed by atoms with Gasteiger partial charge < -0.3 is 4.90 Å². The molecular weight excluding hydrogens is 278 g/mol. The van der Waals surface area contributed by atoms with Crippen molar-refractivity contribution in [1.82, 2.24) is 4.90 Å². The summed E-state index contributed by atoms with van der Waals surface area (Å²) in [6.45, 7) is 21.7. The molecule has 0 unspecified atom stereocenters. The van der Waals surface area contributed by atoms with Crippen molar-refractivity contribution in [3.63, 3.8) is 0 Å². The molecule has 1 heteroatoms. The first-order chi connectivity index (χ1) is 11.0. The molecule has 144 valence electrons. The molecule has 1 aliphatic heterocycles. The lowest BCUT2D eigenvalue weighted by Crippen LogP contribution is -2.35. The Morgan fingerprint density at radius 2 is 0.696 bits per heavy atom. The summed E-state index contributed by atoms with van der Waals surface area (Å²) in [7, 11) is 0. The summed E-state index contributed by atoms with van der Waals surface area (Å²) < 4.78 is 0. The van der Waals surface area contributed by atoms with Crippen LogP contribution in [0, 0.1) is 5.92 Å². The van der Waals surface area contributed by atoms with Crippen LogP contribution >= 0.6 is 0 Å². The third-order valence-electron chi connectivity index (χ3n) is 3.62. The molecule has 1 saturated carbocycles. The molecule has 0 amide bonds. The maximum Gasteiger partial charge on any atom is 0.00385 e. The van der Waals surface area contributed by atoms with E-state index in [0.29, 0.717) is 0 Å². The summed E-state index contributed by atoms with van der Waals surface area (Å²) in [6, 6.07) is 0.769. The van der Waals surface area contributed by atoms with Gasteiger partial charge in [0.2, 0.25) is 0 Å². The summed E-state index contributed by atoms with van der Waals surface area (Å²) in [6.07, 6.45) is 13.3. The molecule has 1 aliphatic carbocycles. The smallest absolute Gasteiger partial charge is 0.00385 e. The first-order valence-corrected chi connectivity index (χ1v) is 10.8. The zero-order chi connectivity index (χ0) is 18.5. The SMILES string of the molecule is C1CCCCC1.CC.CC.CC(C)C.CC(C)N1CCCCC1. The molecule has 0 bridgehead atoms. The topological polar surface area (TPSA) is 3.24 Å². The molecule has 2 aliphatic rings. The van der Waals surface area contributed by atoms with Crippen molar-refractivity contribution < 1.29 is 0 Å². The Morgan fingerprint density at radius 3 is 0.870 bits per heavy atom. The molecule has 1 heterocycles. The highest BCUT2D eigenvalue weighted by atomic mass is 15.1. The Kier molecular flexibility index (Phi) is 29.3. The van der Waals surface area contributed by atoms with Gasteiger partial charge in [-0.25, -0.2) is 0 Å². The number of likely N-dealkylation sites (tertiary alicyclic amines) is 1. The Hall–Kier alpha value is -0.0400. The second kappa shape index (κ2) is 24.2. The van der Waals surface area contributed by atoms with Crippen LogP contribution in [0.1, 0.15) is 120 Å². The fourth-order valence-electron chi connectivity index (χ4n) is 2.50. The van der Waals surface area contributed by atoms with Gasteiger partial charge in [0.1, 0.15) is 0 Å². The summed E-state index contributed by atoms with van der Waals surface area (Å²) in [5.74, 6) is 0.833. The van der Waals surface area contributed by atoms with E-state index < -0.39 is 0 Å². The van der Waals surface area contributed by atoms with Gasteiger partial charge in [0.05, 0.1) is 0 Å². The van der Waals surface area contributed by atoms with E-state index in [2.05, 4.69) is 39.5 Å². The molecule has 2 fully saturated rings. The van der Waals surface area contributed by atoms with E-state index in [0.717, 1.165) is 12.0 Å². The second-order valence-electron chi connectivity index (χ2n) is 7.04. The molecule has 1 saturated heterocycles. The van der Waals surface area contributed by atoms with Gasteiger partial charge in [-0.2, -0.15) is 0 Å². The van der Waals surface area contributed by atoms with E-state index in [1.54, 1.807) is 0 Å². The van der Waals surface area contributed by atoms with Crippen molar-refractivity contribution in [3.05, 3.63) is 0 Å². The summed E-state index contributed by atoms with van der Waals surface area (Å²) in [4.78, 5) is 2.56. The van der Waals surface area contributed by atoms with Gasteiger partial charge in [-0.05, 0) is 45.7 Å². The van der Waals surface area contributed by atoms with Crippen molar-refractivity contribution in [3.8, 4) is 0 Å². The van der Waals surface area contributed by atoms with Crippen molar-refractivity contribution in [2.75, 3.05) is 13.1 Å². The van der Waals surface area contributed by atoms with Crippen LogP contribution in [-0.4, -0.2) is 24.0 Å². The highest BCUT2D eigenvalue weighted by Crippen LogP contribution is 2.15. The van der Waals surface area contributed by atoms with Crippen LogP contribution in [0.2, 0.25) is 0 Å². The third kappa shape index (κ3) is 27.1. The quantitative estimate of drug-likeness (QED) is 0.472. The predicted molar refractivity (Wildman–Crippen MR) is 111 cm³/mol. The number of hydrogen-bond acceptors (Lipinski definition) is 1. The van der Waals surface area contributed by atoms with Crippen LogP contribution in [0.25, 0.3) is 0 Å². The minimum atomic E-state index is 0.769. The average molecular weight is 330 g/mol. The maximum absolute atomic E-state index is 2.56. The number of rotatable bonds is 1. The van der Waals surface area contributed by atoms with Gasteiger partial charge in [0.25, 0.3) is 0 Å². The first-order valence-electron chi connectivity index (χ1n) is 10.8. The van der Waals surface area contributed by atoms with Crippen LogP contribution in [-0.2, 0) is 0 Å². The van der Waals surface area contributed by atoms with Crippen LogP contribution in [0.15, 0.2) is 0 Å². The van der Waals surface area contributed by atoms with E-state index in [1.807, 2.05) is 27.7 Å². The molecule has 0 radical (unpaired) electrons. The van der Waals surface area contributed by atoms with E-state index in [4.69, 9.17) is 0 Å². The molecule has 0 aromatic heterocycles. The molecule has 23 heavy (non-hydrogen) atoms. The average Bonchev–Trinajstić information content (AvgIpc) is 2.61. The first kappa shape index (κ1) is 27.8. The molecular formula is C22H51N. The van der Waals surface area contributed by atoms with Crippen LogP contribution in [0.3, 0.4) is 0 Å². The number of hydrogen-bond donors (Lipinski definition) is 0. The van der Waals surface area contributed by atoms with Crippen molar-refractivity contribution in [2.24, 2.45) is 5.92 Å². The lowest BCUT2D eigenvalue weighted by molar-refractivity contribution is 0.185. The van der Waals surface area contributed by atoms with Crippen molar-refractivity contribution >= 4 is 0 Å². The Morgan fingerprint density at radius 1 is 0.478 bits per heavy atom. The summed E-state index contributed by atoms with van der Waals surface area (Å²) >= 11 is 0. The van der Waals surface area contributed by atoms with Gasteiger partial charge in [-0.3, -0.25) is 0 Å². The molecule has 0 aromatic carbocycles. The summed E-state index contributed by atoms with van der Waals surface area (Å²) in [5.41, 5.74) is 0. The fourth-order valence-corrected chi connectivity index (χ4v) is 2.50. The van der Waals surface area contributed by atoms with Crippen LogP contribution in [0.4, 0.5) is 0 Å². The van der Waals surface area contributed by atoms with Crippen molar-refractivity contribution in [2.45, 2.75) is 126 Å². The standard InChI is InChI=1S/C8H17N.C6H12.C4H10.2C2H6/c1-8(2)9-6-4-3-5-7-9;1-2-4-6-5-3-1;1-4(2)3;2*1-2/h8H,3-7H2,1-2H3;1-6H2;4H,1-3H3;2*1-2H3. The van der Waals surface area contributed by atoms with E-state index in [1.165, 1.54) is 70.9 Å². The molecule has 0 N–H and O–H groups in total. The van der Waals surface area contributed by atoms with E-state index in [-0.39, 0.29) is 0 Å². The zero-order valence-corrected chi connectivity index (χ0v) is 18.4. The van der Waals surface area contributed by atoms with E-state index >= 15 is 0 Å². The van der Waals surface area contributed by atoms with Gasteiger partial charge in [-0.15, -0.1) is 0 Å². The molecule has 0 spiro atoms. The molecule has 0 atom stereocenters. The Balaban J connectivity index is -0.000000250. The minimum absolute atomic E-state index is 0.769. The minimum Gasteiger partial charge on any atom is -0.301 e. The highest BCUT2D eigenvalue weighted by Gasteiger charge is 2.11. The monoisotopic (exact) mass is 329 g/mol. The highest BCUT2D eigenvalue weighted by molar-refractivity contribution is 4.67. The van der Waals surface area contributed by atoms with E-state index in [9.17, 15) is 0 Å². The number of piperidine rings is 1. The second-order valence-corrected chi connectivity index (χ2v) is 7.04. The molecule has 0 aromatic rings. The van der Waals surface area contributed by atoms with Gasteiger partial charge in [0.15, 0.2) is 0 Å². The van der Waals surface area contributed by atoms with Crippen LogP contribution in [0.5, 0.6) is 0 Å². The summed E-state index contributed by atoms with van der Waals surface area (Å²) in [5, 5.41) is 0. The fraction of sp³-hybridized carbons (Fsp3) is 1.00. The van der Waals surface area contributed by atoms with Crippen LogP contribution < -0.4 is 0 Å². The third-order valence-corrected chi connectivity index (χ3v) is 3.62. The largest absolute Gasteiger partial charge is 0.301 e. The Bertz CT molecular complexity index is 151. The normalized spacial score (nSPS) is 17.3. The molecule has 2 rings (SSSR count). The lowest BCUT2D eigenvalue weighted by atomic mass is 10.0. The van der Waals surface area contributed by atoms with Gasteiger partial charge >= 0.3 is 0 Å². The zero-order valence-electron chi connectivity index (χ0n) is 18.4. The Labute approximate surface area is 150 Å². The predicted octanol–water partition coefficient (Wildman–Crippen LogP) is 7.94. The maximum atomic E-state index is 2.56. The lowest BCUT2D eigenvalue weighted by Gasteiger charge is -2.29.